The van der Waals surface area contributed by atoms with Crippen LogP contribution in [-0.2, 0) is 6.61 Å². The van der Waals surface area contributed by atoms with E-state index in [4.69, 9.17) is 9.84 Å². The molecule has 1 aromatic carbocycles. The summed E-state index contributed by atoms with van der Waals surface area (Å²) in [4.78, 5) is 0. The molecule has 0 saturated carbocycles. The van der Waals surface area contributed by atoms with Crippen LogP contribution in [0, 0.1) is 0 Å². The number of hydrogen-bond acceptors (Lipinski definition) is 3. The van der Waals surface area contributed by atoms with Crippen LogP contribution in [0.25, 0.3) is 0 Å². The van der Waals surface area contributed by atoms with Crippen LogP contribution >= 0.6 is 0 Å². The average molecular weight is 193 g/mol. The summed E-state index contributed by atoms with van der Waals surface area (Å²) in [7, 11) is 0. The normalized spacial score (nSPS) is 17.9. The first kappa shape index (κ1) is 9.34. The minimum Gasteiger partial charge on any atom is -0.489 e. The molecule has 2 rings (SSSR count). The Kier molecular flexibility index (Phi) is 2.11. The van der Waals surface area contributed by atoms with E-state index in [0.717, 1.165) is 17.0 Å². The van der Waals surface area contributed by atoms with Crippen LogP contribution < -0.4 is 10.1 Å². The second-order valence-electron chi connectivity index (χ2n) is 4.25. The lowest BCUT2D eigenvalue weighted by Crippen LogP contribution is -2.41. The molecule has 3 heteroatoms. The van der Waals surface area contributed by atoms with Gasteiger partial charge in [0.2, 0.25) is 0 Å². The molecular formula is C11H15NO2. The van der Waals surface area contributed by atoms with E-state index in [2.05, 4.69) is 19.2 Å². The van der Waals surface area contributed by atoms with Crippen LogP contribution in [0.2, 0.25) is 0 Å². The van der Waals surface area contributed by atoms with Gasteiger partial charge in [-0.1, -0.05) is 12.1 Å². The number of nitrogens with one attached hydrogen (secondary N) is 1. The summed E-state index contributed by atoms with van der Waals surface area (Å²) in [5.41, 5.74) is 1.74. The number of anilines is 1. The van der Waals surface area contributed by atoms with Crippen LogP contribution in [0.1, 0.15) is 19.4 Å². The van der Waals surface area contributed by atoms with E-state index < -0.39 is 0 Å². The maximum absolute atomic E-state index is 9.17. The fourth-order valence-corrected chi connectivity index (χ4v) is 1.60. The maximum Gasteiger partial charge on any atom is 0.142 e. The van der Waals surface area contributed by atoms with E-state index in [1.54, 1.807) is 0 Å². The summed E-state index contributed by atoms with van der Waals surface area (Å²) in [6.07, 6.45) is 0. The lowest BCUT2D eigenvalue weighted by Gasteiger charge is -2.34. The Morgan fingerprint density at radius 3 is 3.00 bits per heavy atom. The number of aliphatic hydroxyl groups excluding tert-OH is 1. The van der Waals surface area contributed by atoms with Gasteiger partial charge in [-0.2, -0.15) is 0 Å². The van der Waals surface area contributed by atoms with Gasteiger partial charge in [-0.05, 0) is 19.9 Å². The number of para-hydroxylation sites is 1. The quantitative estimate of drug-likeness (QED) is 0.714. The summed E-state index contributed by atoms with van der Waals surface area (Å²) < 4.78 is 5.61. The van der Waals surface area contributed by atoms with Crippen molar-refractivity contribution in [3.63, 3.8) is 0 Å². The summed E-state index contributed by atoms with van der Waals surface area (Å²) >= 11 is 0. The highest BCUT2D eigenvalue weighted by Gasteiger charge is 2.26. The Hall–Kier alpha value is -1.22. The second kappa shape index (κ2) is 3.17. The van der Waals surface area contributed by atoms with E-state index in [1.807, 2.05) is 18.2 Å². The molecular weight excluding hydrogens is 178 g/mol. The van der Waals surface area contributed by atoms with E-state index in [0.29, 0.717) is 6.61 Å². The van der Waals surface area contributed by atoms with Crippen LogP contribution in [0.15, 0.2) is 18.2 Å². The van der Waals surface area contributed by atoms with Gasteiger partial charge in [0.05, 0.1) is 17.8 Å². The van der Waals surface area contributed by atoms with Crippen molar-refractivity contribution in [3.8, 4) is 5.75 Å². The summed E-state index contributed by atoms with van der Waals surface area (Å²) in [5, 5.41) is 12.5. The molecule has 1 aliphatic heterocycles. The first-order chi connectivity index (χ1) is 6.62. The van der Waals surface area contributed by atoms with E-state index in [-0.39, 0.29) is 12.1 Å². The van der Waals surface area contributed by atoms with Crippen molar-refractivity contribution in [2.24, 2.45) is 0 Å². The molecule has 1 aliphatic rings. The van der Waals surface area contributed by atoms with Gasteiger partial charge in [0, 0.05) is 5.56 Å². The van der Waals surface area contributed by atoms with Gasteiger partial charge in [0.25, 0.3) is 0 Å². The largest absolute Gasteiger partial charge is 0.489 e. The minimum atomic E-state index is -0.0712. The van der Waals surface area contributed by atoms with Gasteiger partial charge in [0.1, 0.15) is 12.4 Å². The molecule has 0 bridgehead atoms. The Bertz CT molecular complexity index is 333. The molecule has 0 saturated heterocycles. The van der Waals surface area contributed by atoms with Crippen molar-refractivity contribution >= 4 is 5.69 Å². The highest BCUT2D eigenvalue weighted by atomic mass is 16.5. The Balaban J connectivity index is 2.43. The summed E-state index contributed by atoms with van der Waals surface area (Å²) in [6.45, 7) is 4.83. The summed E-state index contributed by atoms with van der Waals surface area (Å²) in [6, 6.07) is 5.71. The molecule has 0 spiro atoms. The first-order valence-electron chi connectivity index (χ1n) is 4.76. The Labute approximate surface area is 83.7 Å². The SMILES string of the molecule is CC1(C)COc2cccc(CO)c2N1. The molecule has 0 amide bonds. The highest BCUT2D eigenvalue weighted by molar-refractivity contribution is 5.64. The smallest absolute Gasteiger partial charge is 0.142 e. The Morgan fingerprint density at radius 2 is 2.29 bits per heavy atom. The highest BCUT2D eigenvalue weighted by Crippen LogP contribution is 2.35. The number of rotatable bonds is 1. The number of benzene rings is 1. The van der Waals surface area contributed by atoms with Gasteiger partial charge < -0.3 is 15.2 Å². The van der Waals surface area contributed by atoms with E-state index in [9.17, 15) is 0 Å². The maximum atomic E-state index is 9.17. The topological polar surface area (TPSA) is 41.5 Å². The zero-order chi connectivity index (χ0) is 10.2. The number of aliphatic hydroxyl groups is 1. The molecule has 0 unspecified atom stereocenters. The van der Waals surface area contributed by atoms with Crippen molar-refractivity contribution < 1.29 is 9.84 Å². The molecule has 0 atom stereocenters. The van der Waals surface area contributed by atoms with Crippen molar-refractivity contribution in [3.05, 3.63) is 23.8 Å². The standard InChI is InChI=1S/C11H15NO2/c1-11(2)7-14-9-5-3-4-8(6-13)10(9)12-11/h3-5,12-13H,6-7H2,1-2H3. The molecule has 1 aromatic rings. The second-order valence-corrected chi connectivity index (χ2v) is 4.25. The van der Waals surface area contributed by atoms with Crippen molar-refractivity contribution in [1.29, 1.82) is 0 Å². The molecule has 76 valence electrons. The molecule has 0 radical (unpaired) electrons. The van der Waals surface area contributed by atoms with Gasteiger partial charge >= 0.3 is 0 Å². The van der Waals surface area contributed by atoms with Crippen molar-refractivity contribution in [1.82, 2.24) is 0 Å². The fraction of sp³-hybridized carbons (Fsp3) is 0.455. The van der Waals surface area contributed by atoms with Crippen LogP contribution in [0.5, 0.6) is 5.75 Å². The lowest BCUT2D eigenvalue weighted by molar-refractivity contribution is 0.238. The summed E-state index contributed by atoms with van der Waals surface area (Å²) in [5.74, 6) is 0.830. The monoisotopic (exact) mass is 193 g/mol. The van der Waals surface area contributed by atoms with Gasteiger partial charge in [-0.25, -0.2) is 0 Å². The number of fused-ring (bicyclic) bond motifs is 1. The minimum absolute atomic E-state index is 0.0373. The number of hydrogen-bond donors (Lipinski definition) is 2. The Morgan fingerprint density at radius 1 is 1.50 bits per heavy atom. The van der Waals surface area contributed by atoms with E-state index >= 15 is 0 Å². The van der Waals surface area contributed by atoms with Crippen LogP contribution in [0.3, 0.4) is 0 Å². The van der Waals surface area contributed by atoms with Crippen LogP contribution in [-0.4, -0.2) is 17.3 Å². The predicted molar refractivity (Wildman–Crippen MR) is 55.6 cm³/mol. The van der Waals surface area contributed by atoms with Gasteiger partial charge in [-0.3, -0.25) is 0 Å². The third-order valence-corrected chi connectivity index (χ3v) is 2.33. The number of ether oxygens (including phenoxy) is 1. The van der Waals surface area contributed by atoms with E-state index in [1.165, 1.54) is 0 Å². The zero-order valence-electron chi connectivity index (χ0n) is 8.50. The molecule has 14 heavy (non-hydrogen) atoms. The molecule has 3 nitrogen and oxygen atoms in total. The molecule has 2 N–H and O–H groups in total. The fourth-order valence-electron chi connectivity index (χ4n) is 1.60. The zero-order valence-corrected chi connectivity index (χ0v) is 8.50. The predicted octanol–water partition coefficient (Wildman–Crippen LogP) is 1.76. The van der Waals surface area contributed by atoms with Gasteiger partial charge in [-0.15, -0.1) is 0 Å². The third kappa shape index (κ3) is 1.55. The third-order valence-electron chi connectivity index (χ3n) is 2.33. The lowest BCUT2D eigenvalue weighted by atomic mass is 10.0. The van der Waals surface area contributed by atoms with Crippen molar-refractivity contribution in [2.75, 3.05) is 11.9 Å². The average Bonchev–Trinajstić information content (AvgIpc) is 2.15. The van der Waals surface area contributed by atoms with Gasteiger partial charge in [0.15, 0.2) is 0 Å². The molecule has 0 fully saturated rings. The first-order valence-corrected chi connectivity index (χ1v) is 4.76. The van der Waals surface area contributed by atoms with Crippen molar-refractivity contribution in [2.45, 2.75) is 26.0 Å². The molecule has 0 aliphatic carbocycles. The molecule has 0 aromatic heterocycles. The molecule has 1 heterocycles. The van der Waals surface area contributed by atoms with Crippen LogP contribution in [0.4, 0.5) is 5.69 Å².